The summed E-state index contributed by atoms with van der Waals surface area (Å²) in [4.78, 5) is 19.6. The van der Waals surface area contributed by atoms with Crippen LogP contribution >= 0.6 is 23.5 Å². The van der Waals surface area contributed by atoms with Gasteiger partial charge in [-0.3, -0.25) is 4.79 Å². The molecule has 0 aliphatic rings. The van der Waals surface area contributed by atoms with Gasteiger partial charge in [0.15, 0.2) is 0 Å². The molecule has 7 nitrogen and oxygen atoms in total. The van der Waals surface area contributed by atoms with Crippen molar-refractivity contribution in [1.82, 2.24) is 18.4 Å². The first-order valence-corrected chi connectivity index (χ1v) is 10.3. The van der Waals surface area contributed by atoms with Gasteiger partial charge in [0.25, 0.3) is 0 Å². The number of thioether (sulfide) groups is 1. The fourth-order valence-corrected chi connectivity index (χ4v) is 3.85. The molecule has 138 valence electrons. The molecule has 26 heavy (non-hydrogen) atoms. The molecule has 3 N–H and O–H groups in total. The highest BCUT2D eigenvalue weighted by atomic mass is 32.2. The van der Waals surface area contributed by atoms with E-state index in [9.17, 15) is 4.79 Å². The molecule has 0 fully saturated rings. The maximum Gasteiger partial charge on any atom is 0.323 e. The number of hydrogen-bond acceptors (Lipinski definition) is 7. The Morgan fingerprint density at radius 1 is 1.27 bits per heavy atom. The number of aromatic nitrogens is 4. The average Bonchev–Trinajstić information content (AvgIpc) is 3.22. The summed E-state index contributed by atoms with van der Waals surface area (Å²) in [5.74, 6) is 2.18. The minimum atomic E-state index is -0.127. The van der Waals surface area contributed by atoms with E-state index in [1.54, 1.807) is 18.1 Å². The van der Waals surface area contributed by atoms with Crippen LogP contribution in [0.25, 0.3) is 0 Å². The van der Waals surface area contributed by atoms with Crippen LogP contribution in [-0.2, 0) is 12.2 Å². The molecular formula is C17H22N6OS2. The SMILES string of the molecule is Cc1nc[nH]c1CSCCNn1snc(NCCc2ccccc2)c1=O. The number of hydrogen-bond donors (Lipinski definition) is 3. The van der Waals surface area contributed by atoms with E-state index >= 15 is 0 Å². The third-order valence-corrected chi connectivity index (χ3v) is 5.54. The van der Waals surface area contributed by atoms with Gasteiger partial charge in [0.1, 0.15) is 0 Å². The lowest BCUT2D eigenvalue weighted by Crippen LogP contribution is -2.27. The molecule has 2 heterocycles. The van der Waals surface area contributed by atoms with Crippen LogP contribution in [0.1, 0.15) is 17.0 Å². The zero-order valence-electron chi connectivity index (χ0n) is 14.6. The first-order valence-electron chi connectivity index (χ1n) is 8.41. The Hall–Kier alpha value is -2.26. The summed E-state index contributed by atoms with van der Waals surface area (Å²) in [5.41, 5.74) is 6.40. The average molecular weight is 391 g/mol. The predicted octanol–water partition coefficient (Wildman–Crippen LogP) is 2.47. The molecule has 0 bridgehead atoms. The van der Waals surface area contributed by atoms with Crippen molar-refractivity contribution < 1.29 is 0 Å². The van der Waals surface area contributed by atoms with Crippen LogP contribution < -0.4 is 16.3 Å². The Morgan fingerprint density at radius 2 is 2.12 bits per heavy atom. The molecular weight excluding hydrogens is 368 g/mol. The van der Waals surface area contributed by atoms with Crippen LogP contribution in [0.4, 0.5) is 5.82 Å². The summed E-state index contributed by atoms with van der Waals surface area (Å²) in [5, 5.41) is 3.12. The molecule has 3 aromatic rings. The molecule has 0 radical (unpaired) electrons. The second-order valence-electron chi connectivity index (χ2n) is 5.71. The van der Waals surface area contributed by atoms with Gasteiger partial charge < -0.3 is 15.7 Å². The highest BCUT2D eigenvalue weighted by Crippen LogP contribution is 2.11. The fourth-order valence-electron chi connectivity index (χ4n) is 2.36. The van der Waals surface area contributed by atoms with Crippen LogP contribution in [0, 0.1) is 6.92 Å². The van der Waals surface area contributed by atoms with E-state index in [1.807, 2.05) is 25.1 Å². The van der Waals surface area contributed by atoms with Crippen molar-refractivity contribution in [3.8, 4) is 0 Å². The number of rotatable bonds is 10. The Morgan fingerprint density at radius 3 is 2.88 bits per heavy atom. The van der Waals surface area contributed by atoms with Crippen LogP contribution in [0.3, 0.4) is 0 Å². The van der Waals surface area contributed by atoms with Crippen molar-refractivity contribution in [3.05, 3.63) is 64.0 Å². The maximum atomic E-state index is 12.3. The van der Waals surface area contributed by atoms with Gasteiger partial charge in [-0.2, -0.15) is 20.2 Å². The number of nitrogens with zero attached hydrogens (tertiary/aromatic N) is 3. The topological polar surface area (TPSA) is 87.6 Å². The number of benzene rings is 1. The highest BCUT2D eigenvalue weighted by molar-refractivity contribution is 7.98. The summed E-state index contributed by atoms with van der Waals surface area (Å²) >= 11 is 2.92. The van der Waals surface area contributed by atoms with Gasteiger partial charge in [0.2, 0.25) is 5.82 Å². The fraction of sp³-hybridized carbons (Fsp3) is 0.353. The quantitative estimate of drug-likeness (QED) is 0.461. The first-order chi connectivity index (χ1) is 12.7. The Balaban J connectivity index is 1.38. The van der Waals surface area contributed by atoms with Crippen LogP contribution in [0.15, 0.2) is 41.5 Å². The molecule has 0 spiro atoms. The number of H-pyrrole nitrogens is 1. The van der Waals surface area contributed by atoms with Gasteiger partial charge in [-0.15, -0.1) is 0 Å². The zero-order chi connectivity index (χ0) is 18.2. The van der Waals surface area contributed by atoms with Crippen LogP contribution in [-0.4, -0.2) is 37.2 Å². The van der Waals surface area contributed by atoms with Gasteiger partial charge in [-0.05, 0) is 18.9 Å². The van der Waals surface area contributed by atoms with Gasteiger partial charge in [0.05, 0.1) is 23.7 Å². The maximum absolute atomic E-state index is 12.3. The molecule has 0 saturated heterocycles. The highest BCUT2D eigenvalue weighted by Gasteiger charge is 2.08. The summed E-state index contributed by atoms with van der Waals surface area (Å²) in [7, 11) is 0. The molecule has 0 unspecified atom stereocenters. The van der Waals surface area contributed by atoms with Crippen LogP contribution in [0.2, 0.25) is 0 Å². The molecule has 2 aromatic heterocycles. The van der Waals surface area contributed by atoms with Crippen molar-refractivity contribution in [2.45, 2.75) is 19.1 Å². The monoisotopic (exact) mass is 390 g/mol. The van der Waals surface area contributed by atoms with E-state index in [2.05, 4.69) is 37.2 Å². The number of imidazole rings is 1. The van der Waals surface area contributed by atoms with Crippen molar-refractivity contribution in [2.75, 3.05) is 29.6 Å². The third kappa shape index (κ3) is 5.12. The number of nitrogens with one attached hydrogen (secondary N) is 3. The second-order valence-corrected chi connectivity index (χ2v) is 7.53. The molecule has 0 amide bonds. The number of aryl methyl sites for hydroxylation is 1. The van der Waals surface area contributed by atoms with Crippen molar-refractivity contribution >= 4 is 29.3 Å². The van der Waals surface area contributed by atoms with E-state index in [0.29, 0.717) is 18.9 Å². The second kappa shape index (κ2) is 9.44. The molecule has 1 aromatic carbocycles. The Labute approximate surface area is 160 Å². The van der Waals surface area contributed by atoms with Crippen molar-refractivity contribution in [1.29, 1.82) is 0 Å². The minimum Gasteiger partial charge on any atom is -0.364 e. The number of anilines is 1. The summed E-state index contributed by atoms with van der Waals surface area (Å²) < 4.78 is 5.68. The van der Waals surface area contributed by atoms with Gasteiger partial charge in [-0.25, -0.2) is 4.98 Å². The van der Waals surface area contributed by atoms with Gasteiger partial charge >= 0.3 is 5.56 Å². The van der Waals surface area contributed by atoms with E-state index in [0.717, 1.165) is 41.0 Å². The van der Waals surface area contributed by atoms with E-state index in [4.69, 9.17) is 0 Å². The first kappa shape index (κ1) is 18.5. The molecule has 3 rings (SSSR count). The minimum absolute atomic E-state index is 0.127. The van der Waals surface area contributed by atoms with Crippen molar-refractivity contribution in [2.24, 2.45) is 0 Å². The standard InChI is InChI=1S/C17H22N6OS2/c1-13-15(20-12-19-13)11-25-10-9-21-23-17(24)16(22-26-23)18-8-7-14-5-3-2-4-6-14/h2-6,12,21H,7-11H2,1H3,(H,18,22)(H,19,20). The molecule has 0 aliphatic heterocycles. The van der Waals surface area contributed by atoms with Gasteiger partial charge in [-0.1, -0.05) is 30.3 Å². The van der Waals surface area contributed by atoms with E-state index in [1.165, 1.54) is 9.63 Å². The lowest BCUT2D eigenvalue weighted by atomic mass is 10.1. The van der Waals surface area contributed by atoms with Crippen molar-refractivity contribution in [3.63, 3.8) is 0 Å². The molecule has 0 saturated carbocycles. The zero-order valence-corrected chi connectivity index (χ0v) is 16.2. The largest absolute Gasteiger partial charge is 0.364 e. The summed E-state index contributed by atoms with van der Waals surface area (Å²) in [6.45, 7) is 3.37. The molecule has 9 heteroatoms. The smallest absolute Gasteiger partial charge is 0.323 e. The number of aromatic amines is 1. The summed E-state index contributed by atoms with van der Waals surface area (Å²) in [6.07, 6.45) is 2.57. The third-order valence-electron chi connectivity index (χ3n) is 3.83. The molecule has 0 atom stereocenters. The van der Waals surface area contributed by atoms with Crippen LogP contribution in [0.5, 0.6) is 0 Å². The summed E-state index contributed by atoms with van der Waals surface area (Å²) in [6, 6.07) is 10.2. The lowest BCUT2D eigenvalue weighted by molar-refractivity contribution is 0.912. The Kier molecular flexibility index (Phi) is 6.73. The Bertz CT molecular complexity index is 858. The predicted molar refractivity (Wildman–Crippen MR) is 109 cm³/mol. The van der Waals surface area contributed by atoms with E-state index < -0.39 is 0 Å². The van der Waals surface area contributed by atoms with E-state index in [-0.39, 0.29) is 5.56 Å². The van der Waals surface area contributed by atoms with Gasteiger partial charge in [0, 0.05) is 30.3 Å². The molecule has 0 aliphatic carbocycles. The normalized spacial score (nSPS) is 10.8. The lowest BCUT2D eigenvalue weighted by Gasteiger charge is -2.04.